The number of nitrogens with zero attached hydrogens (tertiary/aromatic N) is 1. The van der Waals surface area contributed by atoms with Gasteiger partial charge in [0.15, 0.2) is 0 Å². The van der Waals surface area contributed by atoms with Gasteiger partial charge in [-0.2, -0.15) is 0 Å². The lowest BCUT2D eigenvalue weighted by molar-refractivity contribution is -0.00152. The number of carbonyl (C=O) groups is 1. The maximum absolute atomic E-state index is 12.5. The fourth-order valence-electron chi connectivity index (χ4n) is 2.56. The second-order valence-electron chi connectivity index (χ2n) is 5.24. The van der Waals surface area contributed by atoms with Crippen LogP contribution >= 0.6 is 0 Å². The van der Waals surface area contributed by atoms with Crippen LogP contribution in [-0.4, -0.2) is 44.2 Å². The molecule has 1 aromatic carbocycles. The molecule has 1 fully saturated rings. The highest BCUT2D eigenvalue weighted by molar-refractivity contribution is 5.99. The van der Waals surface area contributed by atoms with Crippen molar-refractivity contribution < 1.29 is 14.3 Å². The number of hydrogen-bond donors (Lipinski definition) is 1. The number of ether oxygens (including phenoxy) is 2. The Morgan fingerprint density at radius 1 is 1.40 bits per heavy atom. The summed E-state index contributed by atoms with van der Waals surface area (Å²) in [4.78, 5) is 14.3. The van der Waals surface area contributed by atoms with Crippen molar-refractivity contribution in [3.8, 4) is 5.75 Å². The third kappa shape index (κ3) is 2.88. The molecule has 5 heteroatoms. The van der Waals surface area contributed by atoms with Gasteiger partial charge < -0.3 is 20.1 Å². The molecule has 0 spiro atoms. The number of carbonyl (C=O) groups excluding carboxylic acids is 1. The molecular weight excluding hydrogens is 256 g/mol. The minimum atomic E-state index is -0.0425. The van der Waals surface area contributed by atoms with Gasteiger partial charge in [-0.25, -0.2) is 0 Å². The van der Waals surface area contributed by atoms with Gasteiger partial charge in [0, 0.05) is 32.0 Å². The van der Waals surface area contributed by atoms with Crippen LogP contribution in [-0.2, 0) is 4.74 Å². The molecular formula is C15H22N2O3. The van der Waals surface area contributed by atoms with E-state index in [1.165, 1.54) is 0 Å². The lowest BCUT2D eigenvalue weighted by Crippen LogP contribution is -2.46. The van der Waals surface area contributed by atoms with Crippen LogP contribution in [0.2, 0.25) is 0 Å². The third-order valence-corrected chi connectivity index (χ3v) is 3.97. The first-order valence-corrected chi connectivity index (χ1v) is 6.82. The molecule has 2 atom stereocenters. The van der Waals surface area contributed by atoms with Crippen LogP contribution in [0.3, 0.4) is 0 Å². The molecule has 2 unspecified atom stereocenters. The normalized spacial score (nSPS) is 22.6. The molecule has 1 aliphatic rings. The number of nitrogen functional groups attached to an aromatic ring is 1. The number of nitrogens with two attached hydrogens (primary N) is 1. The van der Waals surface area contributed by atoms with E-state index in [1.807, 2.05) is 4.90 Å². The summed E-state index contributed by atoms with van der Waals surface area (Å²) in [5, 5.41) is 0. The molecule has 1 heterocycles. The van der Waals surface area contributed by atoms with E-state index >= 15 is 0 Å². The van der Waals surface area contributed by atoms with Gasteiger partial charge in [-0.05, 0) is 24.5 Å². The van der Waals surface area contributed by atoms with Crippen molar-refractivity contribution in [3.05, 3.63) is 23.8 Å². The van der Waals surface area contributed by atoms with Gasteiger partial charge in [-0.1, -0.05) is 6.92 Å². The van der Waals surface area contributed by atoms with Crippen molar-refractivity contribution in [3.63, 3.8) is 0 Å². The monoisotopic (exact) mass is 278 g/mol. The highest BCUT2D eigenvalue weighted by atomic mass is 16.5. The lowest BCUT2D eigenvalue weighted by atomic mass is 9.95. The predicted octanol–water partition coefficient (Wildman–Crippen LogP) is 1.77. The molecule has 0 bridgehead atoms. The quantitative estimate of drug-likeness (QED) is 0.856. The molecule has 2 rings (SSSR count). The van der Waals surface area contributed by atoms with E-state index < -0.39 is 0 Å². The number of benzene rings is 1. The minimum Gasteiger partial charge on any atom is -0.497 e. The molecule has 0 aliphatic carbocycles. The molecule has 110 valence electrons. The summed E-state index contributed by atoms with van der Waals surface area (Å²) >= 11 is 0. The Morgan fingerprint density at radius 3 is 2.75 bits per heavy atom. The Morgan fingerprint density at radius 2 is 2.15 bits per heavy atom. The summed E-state index contributed by atoms with van der Waals surface area (Å²) in [5.74, 6) is 1.08. The van der Waals surface area contributed by atoms with E-state index in [0.29, 0.717) is 29.5 Å². The first-order chi connectivity index (χ1) is 9.56. The second-order valence-corrected chi connectivity index (χ2v) is 5.24. The lowest BCUT2D eigenvalue weighted by Gasteiger charge is -2.36. The number of amides is 1. The van der Waals surface area contributed by atoms with E-state index in [-0.39, 0.29) is 12.0 Å². The molecule has 1 aliphatic heterocycles. The Balaban J connectivity index is 2.15. The number of rotatable bonds is 3. The van der Waals surface area contributed by atoms with Crippen LogP contribution in [0.15, 0.2) is 18.2 Å². The van der Waals surface area contributed by atoms with E-state index in [9.17, 15) is 4.79 Å². The van der Waals surface area contributed by atoms with Crippen LogP contribution in [0.1, 0.15) is 23.7 Å². The minimum absolute atomic E-state index is 0.0425. The zero-order valence-electron chi connectivity index (χ0n) is 12.3. The molecule has 1 saturated heterocycles. The summed E-state index contributed by atoms with van der Waals surface area (Å²) in [6, 6.07) is 5.15. The van der Waals surface area contributed by atoms with E-state index in [1.54, 1.807) is 32.4 Å². The van der Waals surface area contributed by atoms with Crippen molar-refractivity contribution in [1.29, 1.82) is 0 Å². The first kappa shape index (κ1) is 14.7. The van der Waals surface area contributed by atoms with Crippen LogP contribution in [0, 0.1) is 5.92 Å². The molecule has 1 aromatic rings. The van der Waals surface area contributed by atoms with Gasteiger partial charge in [0.1, 0.15) is 5.75 Å². The van der Waals surface area contributed by atoms with Crippen LogP contribution in [0.5, 0.6) is 5.75 Å². The van der Waals surface area contributed by atoms with Crippen molar-refractivity contribution in [2.45, 2.75) is 19.4 Å². The van der Waals surface area contributed by atoms with Gasteiger partial charge in [0.05, 0.1) is 18.8 Å². The van der Waals surface area contributed by atoms with E-state index in [4.69, 9.17) is 15.2 Å². The van der Waals surface area contributed by atoms with Gasteiger partial charge in [-0.15, -0.1) is 0 Å². The molecule has 0 aromatic heterocycles. The molecule has 2 N–H and O–H groups in total. The van der Waals surface area contributed by atoms with Crippen LogP contribution in [0.4, 0.5) is 5.69 Å². The van der Waals surface area contributed by atoms with Crippen LogP contribution < -0.4 is 10.5 Å². The predicted molar refractivity (Wildman–Crippen MR) is 77.9 cm³/mol. The van der Waals surface area contributed by atoms with Gasteiger partial charge in [-0.3, -0.25) is 4.79 Å². The Labute approximate surface area is 119 Å². The number of piperidine rings is 1. The van der Waals surface area contributed by atoms with Crippen molar-refractivity contribution in [2.24, 2.45) is 5.92 Å². The standard InChI is InChI=1S/C15H22N2O3/c1-10-6-7-17(9-14(10)20-3)15(18)12-5-4-11(19-2)8-13(12)16/h4-5,8,10,14H,6-7,9,16H2,1-3H3. The van der Waals surface area contributed by atoms with Gasteiger partial charge in [0.25, 0.3) is 5.91 Å². The van der Waals surface area contributed by atoms with Gasteiger partial charge >= 0.3 is 0 Å². The number of likely N-dealkylation sites (tertiary alicyclic amines) is 1. The molecule has 1 amide bonds. The largest absolute Gasteiger partial charge is 0.497 e. The molecule has 5 nitrogen and oxygen atoms in total. The highest BCUT2D eigenvalue weighted by Crippen LogP contribution is 2.25. The number of methoxy groups -OCH3 is 2. The average Bonchev–Trinajstić information content (AvgIpc) is 2.47. The zero-order chi connectivity index (χ0) is 14.7. The van der Waals surface area contributed by atoms with Crippen molar-refractivity contribution >= 4 is 11.6 Å². The summed E-state index contributed by atoms with van der Waals surface area (Å²) in [6.07, 6.45) is 1.03. The van der Waals surface area contributed by atoms with Gasteiger partial charge in [0.2, 0.25) is 0 Å². The first-order valence-electron chi connectivity index (χ1n) is 6.82. The summed E-state index contributed by atoms with van der Waals surface area (Å²) in [6.45, 7) is 3.50. The van der Waals surface area contributed by atoms with E-state index in [0.717, 1.165) is 13.0 Å². The molecule has 0 radical (unpaired) electrons. The smallest absolute Gasteiger partial charge is 0.256 e. The summed E-state index contributed by atoms with van der Waals surface area (Å²) in [7, 11) is 3.27. The maximum atomic E-state index is 12.5. The Bertz CT molecular complexity index is 490. The highest BCUT2D eigenvalue weighted by Gasteiger charge is 2.29. The van der Waals surface area contributed by atoms with Crippen molar-refractivity contribution in [2.75, 3.05) is 33.0 Å². The van der Waals surface area contributed by atoms with Crippen LogP contribution in [0.25, 0.3) is 0 Å². The van der Waals surface area contributed by atoms with E-state index in [2.05, 4.69) is 6.92 Å². The summed E-state index contributed by atoms with van der Waals surface area (Å²) < 4.78 is 10.5. The van der Waals surface area contributed by atoms with Crippen molar-refractivity contribution in [1.82, 2.24) is 4.90 Å². The maximum Gasteiger partial charge on any atom is 0.256 e. The average molecular weight is 278 g/mol. The SMILES string of the molecule is COc1ccc(C(=O)N2CCC(C)C(OC)C2)c(N)c1. The zero-order valence-corrected chi connectivity index (χ0v) is 12.3. The summed E-state index contributed by atoms with van der Waals surface area (Å²) in [5.41, 5.74) is 6.91. The fourth-order valence-corrected chi connectivity index (χ4v) is 2.56. The fraction of sp³-hybridized carbons (Fsp3) is 0.533. The third-order valence-electron chi connectivity index (χ3n) is 3.97. The Hall–Kier alpha value is -1.75. The Kier molecular flexibility index (Phi) is 4.49. The molecule has 0 saturated carbocycles. The topological polar surface area (TPSA) is 64.8 Å². The number of hydrogen-bond acceptors (Lipinski definition) is 4. The second kappa shape index (κ2) is 6.13. The number of anilines is 1. The molecule has 20 heavy (non-hydrogen) atoms.